The summed E-state index contributed by atoms with van der Waals surface area (Å²) < 4.78 is 0. The summed E-state index contributed by atoms with van der Waals surface area (Å²) in [4.78, 5) is 12.5. The Bertz CT molecular complexity index is 464. The van der Waals surface area contributed by atoms with Gasteiger partial charge in [-0.1, -0.05) is 37.0 Å². The van der Waals surface area contributed by atoms with Gasteiger partial charge in [0, 0.05) is 16.5 Å². The molecule has 0 saturated carbocycles. The second kappa shape index (κ2) is 8.13. The van der Waals surface area contributed by atoms with Crippen molar-refractivity contribution in [1.29, 1.82) is 0 Å². The van der Waals surface area contributed by atoms with Gasteiger partial charge in [0.05, 0.1) is 16.4 Å². The number of benzene rings is 1. The van der Waals surface area contributed by atoms with Gasteiger partial charge in [-0.25, -0.2) is 0 Å². The van der Waals surface area contributed by atoms with Gasteiger partial charge in [-0.15, -0.1) is 11.8 Å². The summed E-state index contributed by atoms with van der Waals surface area (Å²) in [5.74, 6) is 0.107. The number of amides is 1. The molecule has 0 unspecified atom stereocenters. The number of hydrogen-bond donors (Lipinski definition) is 2. The molecule has 0 heterocycles. The van der Waals surface area contributed by atoms with E-state index in [0.717, 1.165) is 4.90 Å². The summed E-state index contributed by atoms with van der Waals surface area (Å²) in [6, 6.07) is 5.14. The number of halogens is 2. The van der Waals surface area contributed by atoms with Crippen LogP contribution in [0.4, 0.5) is 0 Å². The fourth-order valence-corrected chi connectivity index (χ4v) is 2.87. The molecule has 0 radical (unpaired) electrons. The molecule has 6 heteroatoms. The van der Waals surface area contributed by atoms with Gasteiger partial charge in [-0.3, -0.25) is 4.79 Å². The predicted octanol–water partition coefficient (Wildman–Crippen LogP) is 3.75. The number of nitrogens with one attached hydrogen (secondary N) is 1. The monoisotopic (exact) mass is 335 g/mol. The lowest BCUT2D eigenvalue weighted by Crippen LogP contribution is -2.42. The number of thioether (sulfide) groups is 1. The second-order valence-corrected chi connectivity index (χ2v) is 6.43. The molecular weight excluding hydrogens is 317 g/mol. The molecule has 0 spiro atoms. The highest BCUT2D eigenvalue weighted by Crippen LogP contribution is 2.29. The summed E-state index contributed by atoms with van der Waals surface area (Å²) in [5.41, 5.74) is -0.825. The van der Waals surface area contributed by atoms with Crippen LogP contribution in [0, 0.1) is 0 Å². The Labute approximate surface area is 134 Å². The third kappa shape index (κ3) is 5.52. The highest BCUT2D eigenvalue weighted by atomic mass is 35.5. The van der Waals surface area contributed by atoms with Crippen molar-refractivity contribution in [2.24, 2.45) is 0 Å². The summed E-state index contributed by atoms with van der Waals surface area (Å²) in [6.07, 6.45) is 1.22. The molecule has 0 atom stereocenters. The van der Waals surface area contributed by atoms with Crippen molar-refractivity contribution in [2.75, 3.05) is 12.3 Å². The lowest BCUT2D eigenvalue weighted by Gasteiger charge is -2.25. The van der Waals surface area contributed by atoms with E-state index in [1.54, 1.807) is 18.2 Å². The Balaban J connectivity index is 2.46. The minimum atomic E-state index is -0.825. The predicted molar refractivity (Wildman–Crippen MR) is 85.7 cm³/mol. The van der Waals surface area contributed by atoms with Crippen LogP contribution in [0.3, 0.4) is 0 Å². The third-order valence-electron chi connectivity index (χ3n) is 3.18. The SMILES string of the molecule is CCC(O)(CC)CNC(=O)CSc1cc(Cl)ccc1Cl. The first-order valence-corrected chi connectivity index (χ1v) is 8.21. The Morgan fingerprint density at radius 2 is 2.00 bits per heavy atom. The fraction of sp³-hybridized carbons (Fsp3) is 0.500. The number of carbonyl (C=O) groups excluding carboxylic acids is 1. The summed E-state index contributed by atoms with van der Waals surface area (Å²) >= 11 is 13.2. The molecule has 0 bridgehead atoms. The first-order valence-electron chi connectivity index (χ1n) is 6.47. The van der Waals surface area contributed by atoms with E-state index in [0.29, 0.717) is 22.9 Å². The Morgan fingerprint density at radius 3 is 2.60 bits per heavy atom. The zero-order valence-corrected chi connectivity index (χ0v) is 13.9. The van der Waals surface area contributed by atoms with Crippen LogP contribution in [-0.4, -0.2) is 28.9 Å². The van der Waals surface area contributed by atoms with Crippen LogP contribution >= 0.6 is 35.0 Å². The highest BCUT2D eigenvalue weighted by Gasteiger charge is 2.22. The van der Waals surface area contributed by atoms with E-state index in [9.17, 15) is 9.90 Å². The largest absolute Gasteiger partial charge is 0.388 e. The normalized spacial score (nSPS) is 11.4. The van der Waals surface area contributed by atoms with Gasteiger partial charge in [0.1, 0.15) is 0 Å². The zero-order valence-electron chi connectivity index (χ0n) is 11.6. The average Bonchev–Trinajstić information content (AvgIpc) is 2.45. The van der Waals surface area contributed by atoms with Crippen molar-refractivity contribution >= 4 is 40.9 Å². The van der Waals surface area contributed by atoms with Crippen LogP contribution in [0.2, 0.25) is 10.0 Å². The van der Waals surface area contributed by atoms with Gasteiger partial charge in [0.15, 0.2) is 0 Å². The van der Waals surface area contributed by atoms with Crippen LogP contribution in [0.25, 0.3) is 0 Å². The van der Waals surface area contributed by atoms with Gasteiger partial charge in [-0.05, 0) is 31.0 Å². The van der Waals surface area contributed by atoms with Crippen LogP contribution in [0.5, 0.6) is 0 Å². The smallest absolute Gasteiger partial charge is 0.230 e. The van der Waals surface area contributed by atoms with Gasteiger partial charge in [-0.2, -0.15) is 0 Å². The van der Waals surface area contributed by atoms with E-state index in [2.05, 4.69) is 5.32 Å². The molecule has 0 aliphatic rings. The fourth-order valence-electron chi connectivity index (χ4n) is 1.55. The molecule has 0 saturated heterocycles. The van der Waals surface area contributed by atoms with Crippen molar-refractivity contribution in [3.63, 3.8) is 0 Å². The quantitative estimate of drug-likeness (QED) is 0.746. The van der Waals surface area contributed by atoms with Crippen LogP contribution in [0.15, 0.2) is 23.1 Å². The Hall–Kier alpha value is -0.420. The van der Waals surface area contributed by atoms with Gasteiger partial charge in [0.25, 0.3) is 0 Å². The molecule has 0 fully saturated rings. The maximum Gasteiger partial charge on any atom is 0.230 e. The summed E-state index contributed by atoms with van der Waals surface area (Å²) in [7, 11) is 0. The first kappa shape index (κ1) is 17.6. The lowest BCUT2D eigenvalue weighted by molar-refractivity contribution is -0.119. The number of hydrogen-bond acceptors (Lipinski definition) is 3. The molecule has 1 aromatic carbocycles. The van der Waals surface area contributed by atoms with Crippen molar-refractivity contribution in [1.82, 2.24) is 5.32 Å². The van der Waals surface area contributed by atoms with E-state index >= 15 is 0 Å². The molecule has 112 valence electrons. The summed E-state index contributed by atoms with van der Waals surface area (Å²) in [6.45, 7) is 4.06. The van der Waals surface area contributed by atoms with E-state index in [1.165, 1.54) is 11.8 Å². The van der Waals surface area contributed by atoms with Crippen molar-refractivity contribution < 1.29 is 9.90 Å². The topological polar surface area (TPSA) is 49.3 Å². The molecule has 3 nitrogen and oxygen atoms in total. The average molecular weight is 336 g/mol. The van der Waals surface area contributed by atoms with Crippen molar-refractivity contribution in [2.45, 2.75) is 37.2 Å². The molecule has 20 heavy (non-hydrogen) atoms. The van der Waals surface area contributed by atoms with E-state index in [4.69, 9.17) is 23.2 Å². The van der Waals surface area contributed by atoms with Crippen molar-refractivity contribution in [3.05, 3.63) is 28.2 Å². The van der Waals surface area contributed by atoms with Gasteiger partial charge < -0.3 is 10.4 Å². The zero-order chi connectivity index (χ0) is 15.2. The van der Waals surface area contributed by atoms with Gasteiger partial charge in [0.2, 0.25) is 5.91 Å². The Morgan fingerprint density at radius 1 is 1.35 bits per heavy atom. The van der Waals surface area contributed by atoms with E-state index in [1.807, 2.05) is 13.8 Å². The summed E-state index contributed by atoms with van der Waals surface area (Å²) in [5, 5.41) is 14.0. The van der Waals surface area contributed by atoms with Crippen LogP contribution in [0.1, 0.15) is 26.7 Å². The molecule has 0 aliphatic heterocycles. The molecule has 2 N–H and O–H groups in total. The molecule has 1 rings (SSSR count). The molecule has 0 aliphatic carbocycles. The number of carbonyl (C=O) groups is 1. The minimum Gasteiger partial charge on any atom is -0.388 e. The van der Waals surface area contributed by atoms with Crippen molar-refractivity contribution in [3.8, 4) is 0 Å². The van der Waals surface area contributed by atoms with Crippen LogP contribution < -0.4 is 5.32 Å². The first-order chi connectivity index (χ1) is 9.40. The lowest BCUT2D eigenvalue weighted by atomic mass is 9.98. The standard InChI is InChI=1S/C14H19Cl2NO2S/c1-3-14(19,4-2)9-17-13(18)8-20-12-7-10(15)5-6-11(12)16/h5-7,19H,3-4,8-9H2,1-2H3,(H,17,18). The maximum atomic E-state index is 11.8. The van der Waals surface area contributed by atoms with E-state index in [-0.39, 0.29) is 18.2 Å². The van der Waals surface area contributed by atoms with E-state index < -0.39 is 5.60 Å². The molecule has 0 aromatic heterocycles. The number of aliphatic hydroxyl groups is 1. The number of rotatable bonds is 7. The maximum absolute atomic E-state index is 11.8. The third-order valence-corrected chi connectivity index (χ3v) is 4.91. The minimum absolute atomic E-state index is 0.133. The second-order valence-electron chi connectivity index (χ2n) is 4.57. The molecule has 1 aromatic rings. The highest BCUT2D eigenvalue weighted by molar-refractivity contribution is 8.00. The Kier molecular flexibility index (Phi) is 7.17. The van der Waals surface area contributed by atoms with Crippen LogP contribution in [-0.2, 0) is 4.79 Å². The molecular formula is C14H19Cl2NO2S. The molecule has 1 amide bonds. The van der Waals surface area contributed by atoms with Gasteiger partial charge >= 0.3 is 0 Å².